The van der Waals surface area contributed by atoms with Crippen molar-refractivity contribution >= 4 is 33.0 Å². The Hall–Kier alpha value is -2.10. The second-order valence-electron chi connectivity index (χ2n) is 7.16. The van der Waals surface area contributed by atoms with Gasteiger partial charge in [0.1, 0.15) is 9.96 Å². The fourth-order valence-electron chi connectivity index (χ4n) is 3.47. The van der Waals surface area contributed by atoms with Gasteiger partial charge in [-0.25, -0.2) is 8.42 Å². The average Bonchev–Trinajstić information content (AvgIpc) is 3.38. The lowest BCUT2D eigenvalue weighted by Gasteiger charge is -2.25. The lowest BCUT2D eigenvalue weighted by atomic mass is 10.1. The smallest absolute Gasteiger partial charge is 0.273 e. The fraction of sp³-hybridized carbons (Fsp3) is 0.450. The number of hydrogen-bond acceptors (Lipinski definition) is 6. The normalized spacial score (nSPS) is 17.9. The number of nitrogens with zero attached hydrogens (tertiary/aromatic N) is 2. The lowest BCUT2D eigenvalue weighted by Crippen LogP contribution is -2.40. The van der Waals surface area contributed by atoms with Crippen molar-refractivity contribution in [1.82, 2.24) is 4.90 Å². The molecule has 1 aromatic carbocycles. The summed E-state index contributed by atoms with van der Waals surface area (Å²) in [6.07, 6.45) is 1.97. The minimum absolute atomic E-state index is 0.0598. The van der Waals surface area contributed by atoms with Crippen LogP contribution in [0.3, 0.4) is 0 Å². The van der Waals surface area contributed by atoms with Crippen LogP contribution in [0.25, 0.3) is 0 Å². The highest BCUT2D eigenvalue weighted by Gasteiger charge is 2.29. The van der Waals surface area contributed by atoms with Gasteiger partial charge in [0.25, 0.3) is 15.9 Å². The van der Waals surface area contributed by atoms with Gasteiger partial charge in [-0.1, -0.05) is 6.07 Å². The summed E-state index contributed by atoms with van der Waals surface area (Å²) >= 11 is 1.17. The van der Waals surface area contributed by atoms with Gasteiger partial charge in [-0.05, 0) is 61.9 Å². The number of ether oxygens (including phenoxy) is 1. The first kappa shape index (κ1) is 21.6. The van der Waals surface area contributed by atoms with E-state index in [1.165, 1.54) is 22.7 Å². The van der Waals surface area contributed by atoms with E-state index < -0.39 is 16.1 Å². The van der Waals surface area contributed by atoms with Gasteiger partial charge in [-0.2, -0.15) is 0 Å². The molecule has 1 aliphatic rings. The SMILES string of the molecule is CC(O)CC1CCCN1C(=O)COc1ccc(N(C)S(=O)(=O)c2cccs2)cc1. The Labute approximate surface area is 175 Å². The largest absolute Gasteiger partial charge is 0.484 e. The van der Waals surface area contributed by atoms with E-state index in [4.69, 9.17) is 4.74 Å². The maximum absolute atomic E-state index is 12.6. The van der Waals surface area contributed by atoms with Gasteiger partial charge in [0.2, 0.25) is 0 Å². The van der Waals surface area contributed by atoms with Crippen molar-refractivity contribution in [3.8, 4) is 5.75 Å². The first-order chi connectivity index (χ1) is 13.8. The van der Waals surface area contributed by atoms with Crippen molar-refractivity contribution in [2.75, 3.05) is 24.5 Å². The molecule has 7 nitrogen and oxygen atoms in total. The summed E-state index contributed by atoms with van der Waals surface area (Å²) in [6, 6.07) is 9.94. The van der Waals surface area contributed by atoms with Crippen molar-refractivity contribution < 1.29 is 23.1 Å². The highest BCUT2D eigenvalue weighted by atomic mass is 32.2. The minimum Gasteiger partial charge on any atom is -0.484 e. The minimum atomic E-state index is -3.58. The monoisotopic (exact) mass is 438 g/mol. The Balaban J connectivity index is 1.59. The highest BCUT2D eigenvalue weighted by molar-refractivity contribution is 7.94. The summed E-state index contributed by atoms with van der Waals surface area (Å²) in [4.78, 5) is 14.3. The van der Waals surface area contributed by atoms with Crippen molar-refractivity contribution in [3.05, 3.63) is 41.8 Å². The highest BCUT2D eigenvalue weighted by Crippen LogP contribution is 2.27. The summed E-state index contributed by atoms with van der Waals surface area (Å²) in [5.41, 5.74) is 0.508. The Kier molecular flexibility index (Phi) is 6.81. The third-order valence-corrected chi connectivity index (χ3v) is 8.14. The maximum Gasteiger partial charge on any atom is 0.273 e. The Morgan fingerprint density at radius 3 is 2.69 bits per heavy atom. The van der Waals surface area contributed by atoms with E-state index in [1.807, 2.05) is 0 Å². The van der Waals surface area contributed by atoms with Crippen molar-refractivity contribution in [2.45, 2.75) is 42.5 Å². The van der Waals surface area contributed by atoms with Crippen LogP contribution in [0.1, 0.15) is 26.2 Å². The number of carbonyl (C=O) groups excluding carboxylic acids is 1. The molecule has 1 amide bonds. The second kappa shape index (κ2) is 9.15. The first-order valence-electron chi connectivity index (χ1n) is 9.52. The predicted molar refractivity (Wildman–Crippen MR) is 113 cm³/mol. The fourth-order valence-corrected chi connectivity index (χ4v) is 5.82. The van der Waals surface area contributed by atoms with Crippen LogP contribution in [-0.2, 0) is 14.8 Å². The summed E-state index contributed by atoms with van der Waals surface area (Å²) in [7, 11) is -2.08. The number of rotatable bonds is 8. The van der Waals surface area contributed by atoms with Crippen LogP contribution in [-0.4, -0.2) is 56.7 Å². The van der Waals surface area contributed by atoms with E-state index in [2.05, 4.69) is 0 Å². The number of benzene rings is 1. The molecule has 1 aromatic heterocycles. The molecule has 1 saturated heterocycles. The van der Waals surface area contributed by atoms with E-state index in [1.54, 1.807) is 53.6 Å². The molecule has 1 fully saturated rings. The van der Waals surface area contributed by atoms with Gasteiger partial charge in [-0.3, -0.25) is 9.10 Å². The molecule has 1 N–H and O–H groups in total. The van der Waals surface area contributed by atoms with Crippen LogP contribution in [0.5, 0.6) is 5.75 Å². The summed E-state index contributed by atoms with van der Waals surface area (Å²) in [5, 5.41) is 11.3. The molecule has 0 aliphatic carbocycles. The third-order valence-electron chi connectivity index (χ3n) is 4.98. The van der Waals surface area contributed by atoms with E-state index in [0.29, 0.717) is 24.4 Å². The van der Waals surface area contributed by atoms with E-state index in [0.717, 1.165) is 12.8 Å². The van der Waals surface area contributed by atoms with Crippen LogP contribution in [0.15, 0.2) is 46.0 Å². The molecule has 1 aliphatic heterocycles. The van der Waals surface area contributed by atoms with Crippen LogP contribution >= 0.6 is 11.3 Å². The number of aliphatic hydroxyl groups excluding tert-OH is 1. The molecular formula is C20H26N2O5S2. The van der Waals surface area contributed by atoms with Crippen molar-refractivity contribution in [3.63, 3.8) is 0 Å². The zero-order valence-electron chi connectivity index (χ0n) is 16.5. The number of thiophene rings is 1. The van der Waals surface area contributed by atoms with Crippen LogP contribution < -0.4 is 9.04 Å². The molecule has 0 saturated carbocycles. The zero-order valence-corrected chi connectivity index (χ0v) is 18.2. The second-order valence-corrected chi connectivity index (χ2v) is 10.3. The van der Waals surface area contributed by atoms with Gasteiger partial charge >= 0.3 is 0 Å². The van der Waals surface area contributed by atoms with Crippen molar-refractivity contribution in [2.24, 2.45) is 0 Å². The topological polar surface area (TPSA) is 87.2 Å². The lowest BCUT2D eigenvalue weighted by molar-refractivity contribution is -0.134. The van der Waals surface area contributed by atoms with Crippen LogP contribution in [0.2, 0.25) is 0 Å². The van der Waals surface area contributed by atoms with Gasteiger partial charge in [0.05, 0.1) is 11.8 Å². The molecule has 2 unspecified atom stereocenters. The number of amides is 1. The standard InChI is InChI=1S/C20H26N2O5S2/c1-15(23)13-17-5-3-11-22(17)19(24)14-27-18-9-7-16(8-10-18)21(2)29(25,26)20-6-4-12-28-20/h4,6-10,12,15,17,23H,3,5,11,13-14H2,1-2H3. The number of hydrogen-bond donors (Lipinski definition) is 1. The third kappa shape index (κ3) is 5.09. The van der Waals surface area contributed by atoms with Gasteiger partial charge < -0.3 is 14.7 Å². The summed E-state index contributed by atoms with van der Waals surface area (Å²) < 4.78 is 32.3. The first-order valence-corrected chi connectivity index (χ1v) is 11.8. The van der Waals surface area contributed by atoms with E-state index >= 15 is 0 Å². The molecular weight excluding hydrogens is 412 g/mol. The van der Waals surface area contributed by atoms with E-state index in [9.17, 15) is 18.3 Å². The number of carbonyl (C=O) groups is 1. The Morgan fingerprint density at radius 1 is 1.34 bits per heavy atom. The Bertz CT molecular complexity index is 911. The van der Waals surface area contributed by atoms with E-state index in [-0.39, 0.29) is 22.8 Å². The molecule has 0 bridgehead atoms. The van der Waals surface area contributed by atoms with Gasteiger partial charge in [-0.15, -0.1) is 11.3 Å². The Morgan fingerprint density at radius 2 is 2.07 bits per heavy atom. The molecule has 2 aromatic rings. The number of likely N-dealkylation sites (tertiary alicyclic amines) is 1. The summed E-state index contributed by atoms with van der Waals surface area (Å²) in [6.45, 7) is 2.33. The number of anilines is 1. The number of sulfonamides is 1. The molecule has 9 heteroatoms. The van der Waals surface area contributed by atoms with Crippen molar-refractivity contribution in [1.29, 1.82) is 0 Å². The molecule has 158 valence electrons. The van der Waals surface area contributed by atoms with Gasteiger partial charge in [0, 0.05) is 19.6 Å². The molecule has 3 rings (SSSR count). The molecule has 2 atom stereocenters. The average molecular weight is 439 g/mol. The number of aliphatic hydroxyl groups is 1. The predicted octanol–water partition coefficient (Wildman–Crippen LogP) is 2.71. The molecule has 2 heterocycles. The molecule has 0 spiro atoms. The van der Waals surface area contributed by atoms with Crippen LogP contribution in [0.4, 0.5) is 5.69 Å². The zero-order chi connectivity index (χ0) is 21.0. The molecule has 29 heavy (non-hydrogen) atoms. The summed E-state index contributed by atoms with van der Waals surface area (Å²) in [5.74, 6) is 0.393. The van der Waals surface area contributed by atoms with Crippen LogP contribution in [0, 0.1) is 0 Å². The maximum atomic E-state index is 12.6. The van der Waals surface area contributed by atoms with Gasteiger partial charge in [0.15, 0.2) is 6.61 Å². The molecule has 0 radical (unpaired) electrons. The quantitative estimate of drug-likeness (QED) is 0.685.